The fourth-order valence-corrected chi connectivity index (χ4v) is 5.37. The molecule has 0 unspecified atom stereocenters. The molecule has 3 aromatic carbocycles. The number of benzene rings is 3. The number of hydrogen-bond donors (Lipinski definition) is 0. The van der Waals surface area contributed by atoms with Crippen molar-refractivity contribution >= 4 is 28.9 Å². The van der Waals surface area contributed by atoms with Gasteiger partial charge < -0.3 is 4.90 Å². The predicted octanol–water partition coefficient (Wildman–Crippen LogP) is 6.36. The van der Waals surface area contributed by atoms with Crippen molar-refractivity contribution in [3.05, 3.63) is 130 Å². The Kier molecular flexibility index (Phi) is 7.17. The normalized spacial score (nSPS) is 14.9. The molecule has 0 N–H and O–H groups in total. The Hall–Kier alpha value is -3.54. The summed E-state index contributed by atoms with van der Waals surface area (Å²) in [7, 11) is 0. The molecule has 0 bridgehead atoms. The van der Waals surface area contributed by atoms with E-state index in [1.807, 2.05) is 40.6 Å². The Bertz CT molecular complexity index is 1220. The van der Waals surface area contributed by atoms with E-state index < -0.39 is 0 Å². The fraction of sp³-hybridized carbons (Fsp3) is 0.167. The lowest BCUT2D eigenvalue weighted by molar-refractivity contribution is -0.126. The fourth-order valence-electron chi connectivity index (χ4n) is 4.63. The third-order valence-corrected chi connectivity index (χ3v) is 7.30. The van der Waals surface area contributed by atoms with Crippen molar-refractivity contribution in [3.63, 3.8) is 0 Å². The summed E-state index contributed by atoms with van der Waals surface area (Å²) in [5.74, 6) is -0.263. The van der Waals surface area contributed by atoms with Gasteiger partial charge in [0, 0.05) is 31.1 Å². The number of hydrogen-bond acceptors (Lipinski definition) is 3. The summed E-state index contributed by atoms with van der Waals surface area (Å²) < 4.78 is 13.4. The molecular weight excluding hydrogens is 455 g/mol. The van der Waals surface area contributed by atoms with E-state index in [0.717, 1.165) is 23.5 Å². The second-order valence-electron chi connectivity index (χ2n) is 8.64. The molecule has 1 amide bonds. The van der Waals surface area contributed by atoms with Crippen LogP contribution in [0.25, 0.3) is 11.6 Å². The summed E-state index contributed by atoms with van der Waals surface area (Å²) >= 11 is 1.55. The van der Waals surface area contributed by atoms with Gasteiger partial charge in [-0.2, -0.15) is 0 Å². The lowest BCUT2D eigenvalue weighted by Crippen LogP contribution is -2.50. The Labute approximate surface area is 209 Å². The van der Waals surface area contributed by atoms with Crippen LogP contribution < -0.4 is 0 Å². The first-order valence-electron chi connectivity index (χ1n) is 11.8. The molecule has 0 atom stereocenters. The summed E-state index contributed by atoms with van der Waals surface area (Å²) in [6.07, 6.45) is 1.87. The standard InChI is InChI=1S/C30H27FN2OS/c31-26-15-13-23(14-16-26)22-27(28-12-7-21-35-28)30(34)33-19-17-32(18-20-33)29(24-8-3-1-4-9-24)25-10-5-2-6-11-25/h1-16,21-22,29H,17-20H2/b27-22+. The molecule has 3 nitrogen and oxygen atoms in total. The zero-order chi connectivity index (χ0) is 24.0. The number of rotatable bonds is 6. The molecule has 1 aliphatic rings. The quantitative estimate of drug-likeness (QED) is 0.299. The van der Waals surface area contributed by atoms with E-state index >= 15 is 0 Å². The topological polar surface area (TPSA) is 23.6 Å². The number of carbonyl (C=O) groups excluding carboxylic acids is 1. The Morgan fingerprint density at radius 3 is 1.91 bits per heavy atom. The Morgan fingerprint density at radius 1 is 0.771 bits per heavy atom. The highest BCUT2D eigenvalue weighted by Crippen LogP contribution is 2.31. The molecule has 5 heteroatoms. The van der Waals surface area contributed by atoms with Crippen molar-refractivity contribution in [3.8, 4) is 0 Å². The third kappa shape index (κ3) is 5.42. The maximum absolute atomic E-state index is 13.7. The molecule has 0 radical (unpaired) electrons. The first kappa shape index (κ1) is 23.2. The number of thiophene rings is 1. The van der Waals surface area contributed by atoms with E-state index in [0.29, 0.717) is 18.7 Å². The molecule has 176 valence electrons. The number of halogens is 1. The van der Waals surface area contributed by atoms with E-state index in [2.05, 4.69) is 53.4 Å². The van der Waals surface area contributed by atoms with Crippen LogP contribution in [0.5, 0.6) is 0 Å². The number of carbonyl (C=O) groups is 1. The van der Waals surface area contributed by atoms with Crippen molar-refractivity contribution in [1.82, 2.24) is 9.80 Å². The van der Waals surface area contributed by atoms with Crippen LogP contribution in [0.1, 0.15) is 27.6 Å². The molecule has 1 fully saturated rings. The highest BCUT2D eigenvalue weighted by molar-refractivity contribution is 7.11. The van der Waals surface area contributed by atoms with Crippen molar-refractivity contribution in [2.75, 3.05) is 26.2 Å². The number of amides is 1. The van der Waals surface area contributed by atoms with Crippen LogP contribution in [0.2, 0.25) is 0 Å². The van der Waals surface area contributed by atoms with Gasteiger partial charge in [-0.15, -0.1) is 11.3 Å². The molecule has 1 aromatic heterocycles. The molecule has 0 aliphatic carbocycles. The van der Waals surface area contributed by atoms with E-state index in [1.165, 1.54) is 23.3 Å². The average molecular weight is 483 g/mol. The van der Waals surface area contributed by atoms with Gasteiger partial charge in [-0.1, -0.05) is 78.9 Å². The van der Waals surface area contributed by atoms with E-state index in [4.69, 9.17) is 0 Å². The van der Waals surface area contributed by atoms with Gasteiger partial charge in [0.2, 0.25) is 0 Å². The molecule has 4 aromatic rings. The van der Waals surface area contributed by atoms with E-state index in [1.54, 1.807) is 23.5 Å². The second-order valence-corrected chi connectivity index (χ2v) is 9.59. The maximum Gasteiger partial charge on any atom is 0.255 e. The summed E-state index contributed by atoms with van der Waals surface area (Å²) in [6.45, 7) is 2.88. The van der Waals surface area contributed by atoms with Crippen molar-refractivity contribution in [1.29, 1.82) is 0 Å². The van der Waals surface area contributed by atoms with Gasteiger partial charge in [0.25, 0.3) is 5.91 Å². The van der Waals surface area contributed by atoms with Crippen LogP contribution in [0.4, 0.5) is 4.39 Å². The van der Waals surface area contributed by atoms with Crippen molar-refractivity contribution in [2.24, 2.45) is 0 Å². The molecule has 0 saturated carbocycles. The van der Waals surface area contributed by atoms with Gasteiger partial charge >= 0.3 is 0 Å². The minimum atomic E-state index is -0.284. The molecule has 1 aliphatic heterocycles. The van der Waals surface area contributed by atoms with Crippen molar-refractivity contribution in [2.45, 2.75) is 6.04 Å². The lowest BCUT2D eigenvalue weighted by atomic mass is 9.96. The highest BCUT2D eigenvalue weighted by atomic mass is 32.1. The van der Waals surface area contributed by atoms with Gasteiger partial charge in [0.05, 0.1) is 11.6 Å². The van der Waals surface area contributed by atoms with Crippen LogP contribution in [0.15, 0.2) is 102 Å². The summed E-state index contributed by atoms with van der Waals surface area (Å²) in [5, 5.41) is 1.98. The van der Waals surface area contributed by atoms with Crippen LogP contribution in [-0.4, -0.2) is 41.9 Å². The van der Waals surface area contributed by atoms with Gasteiger partial charge in [-0.05, 0) is 46.3 Å². The molecule has 0 spiro atoms. The molecule has 35 heavy (non-hydrogen) atoms. The Balaban J connectivity index is 1.36. The number of nitrogens with zero attached hydrogens (tertiary/aromatic N) is 2. The van der Waals surface area contributed by atoms with E-state index in [9.17, 15) is 9.18 Å². The minimum Gasteiger partial charge on any atom is -0.336 e. The van der Waals surface area contributed by atoms with Gasteiger partial charge in [-0.25, -0.2) is 4.39 Å². The molecule has 1 saturated heterocycles. The number of piperazine rings is 1. The zero-order valence-corrected chi connectivity index (χ0v) is 20.2. The minimum absolute atomic E-state index is 0.0207. The monoisotopic (exact) mass is 482 g/mol. The predicted molar refractivity (Wildman–Crippen MR) is 141 cm³/mol. The lowest BCUT2D eigenvalue weighted by Gasteiger charge is -2.40. The molecule has 2 heterocycles. The largest absolute Gasteiger partial charge is 0.336 e. The van der Waals surface area contributed by atoms with Crippen LogP contribution in [0.3, 0.4) is 0 Å². The first-order chi connectivity index (χ1) is 17.2. The zero-order valence-electron chi connectivity index (χ0n) is 19.4. The highest BCUT2D eigenvalue weighted by Gasteiger charge is 2.29. The molecule has 5 rings (SSSR count). The SMILES string of the molecule is O=C(/C(=C/c1ccc(F)cc1)c1cccs1)N1CCN(C(c2ccccc2)c2ccccc2)CC1. The van der Waals surface area contributed by atoms with Crippen LogP contribution in [-0.2, 0) is 4.79 Å². The maximum atomic E-state index is 13.7. The second kappa shape index (κ2) is 10.8. The Morgan fingerprint density at radius 2 is 1.37 bits per heavy atom. The van der Waals surface area contributed by atoms with Crippen molar-refractivity contribution < 1.29 is 9.18 Å². The molecular formula is C30H27FN2OS. The van der Waals surface area contributed by atoms with Gasteiger partial charge in [0.1, 0.15) is 5.82 Å². The summed E-state index contributed by atoms with van der Waals surface area (Å²) in [6, 6.07) is 31.5. The third-order valence-electron chi connectivity index (χ3n) is 6.40. The van der Waals surface area contributed by atoms with Gasteiger partial charge in [-0.3, -0.25) is 9.69 Å². The van der Waals surface area contributed by atoms with E-state index in [-0.39, 0.29) is 17.8 Å². The van der Waals surface area contributed by atoms with Gasteiger partial charge in [0.15, 0.2) is 0 Å². The average Bonchev–Trinajstić information content (AvgIpc) is 3.45. The summed E-state index contributed by atoms with van der Waals surface area (Å²) in [5.41, 5.74) is 3.99. The van der Waals surface area contributed by atoms with Crippen LogP contribution >= 0.6 is 11.3 Å². The first-order valence-corrected chi connectivity index (χ1v) is 12.7. The summed E-state index contributed by atoms with van der Waals surface area (Å²) in [4.78, 5) is 19.0. The van der Waals surface area contributed by atoms with Crippen LogP contribution in [0, 0.1) is 5.82 Å². The smallest absolute Gasteiger partial charge is 0.255 e.